The summed E-state index contributed by atoms with van der Waals surface area (Å²) in [5.41, 5.74) is 0.902. The monoisotopic (exact) mass is 400 g/mol. The molecule has 0 aromatic heterocycles. The predicted molar refractivity (Wildman–Crippen MR) is 106 cm³/mol. The summed E-state index contributed by atoms with van der Waals surface area (Å²) in [6, 6.07) is 14.2. The Bertz CT molecular complexity index is 834. The molecule has 1 fully saturated rings. The smallest absolute Gasteiger partial charge is 0.407 e. The van der Waals surface area contributed by atoms with Crippen LogP contribution >= 0.6 is 0 Å². The zero-order chi connectivity index (χ0) is 20.6. The molecule has 1 saturated heterocycles. The lowest BCUT2D eigenvalue weighted by molar-refractivity contribution is -0.385. The van der Waals surface area contributed by atoms with E-state index < -0.39 is 11.0 Å². The molecule has 8 heteroatoms. The summed E-state index contributed by atoms with van der Waals surface area (Å²) in [7, 11) is 0. The van der Waals surface area contributed by atoms with E-state index in [0.29, 0.717) is 38.0 Å². The highest BCUT2D eigenvalue weighted by Gasteiger charge is 2.23. The van der Waals surface area contributed by atoms with Crippen LogP contribution in [0.5, 0.6) is 11.5 Å². The molecule has 0 atom stereocenters. The maximum atomic E-state index is 11.3. The van der Waals surface area contributed by atoms with Gasteiger partial charge < -0.3 is 19.5 Å². The molecule has 1 aliphatic heterocycles. The minimum atomic E-state index is -0.886. The van der Waals surface area contributed by atoms with Gasteiger partial charge in [-0.2, -0.15) is 0 Å². The Labute approximate surface area is 168 Å². The van der Waals surface area contributed by atoms with Crippen LogP contribution < -0.4 is 9.47 Å². The second-order valence-corrected chi connectivity index (χ2v) is 7.01. The molecule has 0 bridgehead atoms. The Kier molecular flexibility index (Phi) is 6.89. The van der Waals surface area contributed by atoms with Crippen LogP contribution in [0.25, 0.3) is 0 Å². The number of benzene rings is 2. The number of rotatable bonds is 8. The topological polar surface area (TPSA) is 102 Å². The summed E-state index contributed by atoms with van der Waals surface area (Å²) in [4.78, 5) is 23.2. The molecule has 2 aromatic rings. The Balaban J connectivity index is 1.55. The minimum Gasteiger partial charge on any atom is -0.489 e. The first-order chi connectivity index (χ1) is 14.0. The van der Waals surface area contributed by atoms with Crippen molar-refractivity contribution >= 4 is 11.8 Å². The second-order valence-electron chi connectivity index (χ2n) is 7.01. The van der Waals surface area contributed by atoms with E-state index in [1.54, 1.807) is 12.1 Å². The molecular formula is C21H24N2O6. The number of amides is 1. The molecule has 8 nitrogen and oxygen atoms in total. The maximum Gasteiger partial charge on any atom is 0.407 e. The normalized spacial score (nSPS) is 14.4. The van der Waals surface area contributed by atoms with Crippen molar-refractivity contribution in [1.29, 1.82) is 0 Å². The molecule has 1 aliphatic rings. The second kappa shape index (κ2) is 9.77. The predicted octanol–water partition coefficient (Wildman–Crippen LogP) is 4.33. The number of hydrogen-bond donors (Lipinski definition) is 1. The highest BCUT2D eigenvalue weighted by molar-refractivity contribution is 5.64. The van der Waals surface area contributed by atoms with Gasteiger partial charge in [0.1, 0.15) is 12.4 Å². The highest BCUT2D eigenvalue weighted by Crippen LogP contribution is 2.32. The number of carbonyl (C=O) groups is 1. The Morgan fingerprint density at radius 3 is 2.52 bits per heavy atom. The number of nitrogens with zero attached hydrogens (tertiary/aromatic N) is 2. The van der Waals surface area contributed by atoms with Gasteiger partial charge in [-0.25, -0.2) is 4.79 Å². The zero-order valence-corrected chi connectivity index (χ0v) is 16.0. The lowest BCUT2D eigenvalue weighted by Crippen LogP contribution is -2.37. The lowest BCUT2D eigenvalue weighted by atomic mass is 9.94. The van der Waals surface area contributed by atoms with E-state index in [1.807, 2.05) is 30.3 Å². The maximum absolute atomic E-state index is 11.3. The standard InChI is InChI=1S/C21H24N2O6/c24-21(25)22-11-8-16(9-12-22)10-13-28-20-14-18(6-7-19(20)23(26)27)29-15-17-4-2-1-3-5-17/h1-7,14,16H,8-13,15H2,(H,24,25). The van der Waals surface area contributed by atoms with Crippen LogP contribution in [-0.2, 0) is 6.61 Å². The molecule has 154 valence electrons. The zero-order valence-electron chi connectivity index (χ0n) is 16.0. The van der Waals surface area contributed by atoms with E-state index in [-0.39, 0.29) is 11.4 Å². The lowest BCUT2D eigenvalue weighted by Gasteiger charge is -2.29. The fourth-order valence-electron chi connectivity index (χ4n) is 3.34. The first-order valence-corrected chi connectivity index (χ1v) is 9.59. The minimum absolute atomic E-state index is 0.0993. The third-order valence-corrected chi connectivity index (χ3v) is 5.05. The molecular weight excluding hydrogens is 376 g/mol. The van der Waals surface area contributed by atoms with Gasteiger partial charge in [0, 0.05) is 25.2 Å². The van der Waals surface area contributed by atoms with E-state index in [4.69, 9.17) is 14.6 Å². The molecule has 0 spiro atoms. The molecule has 1 amide bonds. The average molecular weight is 400 g/mol. The van der Waals surface area contributed by atoms with E-state index in [1.165, 1.54) is 11.0 Å². The number of nitro groups is 1. The van der Waals surface area contributed by atoms with Gasteiger partial charge in [-0.05, 0) is 36.8 Å². The summed E-state index contributed by atoms with van der Waals surface area (Å²) in [6.45, 7) is 1.73. The third kappa shape index (κ3) is 5.84. The van der Waals surface area contributed by atoms with E-state index in [2.05, 4.69) is 0 Å². The van der Waals surface area contributed by atoms with Crippen molar-refractivity contribution in [3.8, 4) is 11.5 Å². The SMILES string of the molecule is O=C(O)N1CCC(CCOc2cc(OCc3ccccc3)ccc2[N+](=O)[O-])CC1. The Hall–Kier alpha value is -3.29. The van der Waals surface area contributed by atoms with Gasteiger partial charge >= 0.3 is 11.8 Å². The largest absolute Gasteiger partial charge is 0.489 e. The highest BCUT2D eigenvalue weighted by atomic mass is 16.6. The summed E-state index contributed by atoms with van der Waals surface area (Å²) >= 11 is 0. The van der Waals surface area contributed by atoms with Crippen LogP contribution in [-0.4, -0.2) is 40.7 Å². The molecule has 3 rings (SSSR count). The Morgan fingerprint density at radius 1 is 1.14 bits per heavy atom. The number of ether oxygens (including phenoxy) is 2. The van der Waals surface area contributed by atoms with Crippen molar-refractivity contribution < 1.29 is 24.3 Å². The van der Waals surface area contributed by atoms with Crippen LogP contribution in [0.3, 0.4) is 0 Å². The van der Waals surface area contributed by atoms with Gasteiger partial charge in [0.2, 0.25) is 5.75 Å². The van der Waals surface area contributed by atoms with E-state index in [0.717, 1.165) is 24.8 Å². The quantitative estimate of drug-likeness (QED) is 0.523. The van der Waals surface area contributed by atoms with Gasteiger partial charge in [0.05, 0.1) is 11.5 Å². The average Bonchev–Trinajstić information content (AvgIpc) is 2.73. The van der Waals surface area contributed by atoms with Gasteiger partial charge in [0.15, 0.2) is 0 Å². The third-order valence-electron chi connectivity index (χ3n) is 5.05. The van der Waals surface area contributed by atoms with Crippen molar-refractivity contribution in [2.24, 2.45) is 5.92 Å². The first-order valence-electron chi connectivity index (χ1n) is 9.59. The van der Waals surface area contributed by atoms with Crippen LogP contribution in [0, 0.1) is 16.0 Å². The molecule has 1 N–H and O–H groups in total. The summed E-state index contributed by atoms with van der Waals surface area (Å²) < 4.78 is 11.5. The van der Waals surface area contributed by atoms with Crippen molar-refractivity contribution in [1.82, 2.24) is 4.90 Å². The van der Waals surface area contributed by atoms with Crippen molar-refractivity contribution in [3.05, 3.63) is 64.2 Å². The summed E-state index contributed by atoms with van der Waals surface area (Å²) in [5, 5.41) is 20.3. The fourth-order valence-corrected chi connectivity index (χ4v) is 3.34. The molecule has 0 radical (unpaired) electrons. The number of hydrogen-bond acceptors (Lipinski definition) is 5. The number of piperidine rings is 1. The van der Waals surface area contributed by atoms with Crippen LogP contribution in [0.1, 0.15) is 24.8 Å². The van der Waals surface area contributed by atoms with Crippen LogP contribution in [0.4, 0.5) is 10.5 Å². The molecule has 2 aromatic carbocycles. The van der Waals surface area contributed by atoms with Gasteiger partial charge in [-0.15, -0.1) is 0 Å². The van der Waals surface area contributed by atoms with E-state index >= 15 is 0 Å². The fraction of sp³-hybridized carbons (Fsp3) is 0.381. The van der Waals surface area contributed by atoms with Crippen molar-refractivity contribution in [2.75, 3.05) is 19.7 Å². The van der Waals surface area contributed by atoms with Crippen LogP contribution in [0.15, 0.2) is 48.5 Å². The molecule has 29 heavy (non-hydrogen) atoms. The Morgan fingerprint density at radius 2 is 1.86 bits per heavy atom. The van der Waals surface area contributed by atoms with Gasteiger partial charge in [-0.3, -0.25) is 10.1 Å². The number of likely N-dealkylation sites (tertiary alicyclic amines) is 1. The number of carboxylic acid groups (broad SMARTS) is 1. The van der Waals surface area contributed by atoms with Crippen molar-refractivity contribution in [3.63, 3.8) is 0 Å². The molecule has 0 saturated carbocycles. The number of nitro benzene ring substituents is 1. The first kappa shape index (κ1) is 20.4. The summed E-state index contributed by atoms with van der Waals surface area (Å²) in [5.74, 6) is 1.04. The molecule has 0 aliphatic carbocycles. The summed E-state index contributed by atoms with van der Waals surface area (Å²) in [6.07, 6.45) is 1.39. The van der Waals surface area contributed by atoms with Gasteiger partial charge in [0.25, 0.3) is 0 Å². The van der Waals surface area contributed by atoms with Crippen LogP contribution in [0.2, 0.25) is 0 Å². The van der Waals surface area contributed by atoms with Crippen molar-refractivity contribution in [2.45, 2.75) is 25.9 Å². The van der Waals surface area contributed by atoms with E-state index in [9.17, 15) is 14.9 Å². The molecule has 1 heterocycles. The molecule has 0 unspecified atom stereocenters. The van der Waals surface area contributed by atoms with Gasteiger partial charge in [-0.1, -0.05) is 30.3 Å².